The molecular formula is C33H66N2. The van der Waals surface area contributed by atoms with Crippen molar-refractivity contribution in [3.63, 3.8) is 0 Å². The molecule has 208 valence electrons. The van der Waals surface area contributed by atoms with E-state index in [9.17, 15) is 0 Å². The van der Waals surface area contributed by atoms with E-state index < -0.39 is 0 Å². The zero-order valence-electron chi connectivity index (χ0n) is 24.9. The Labute approximate surface area is 222 Å². The first-order chi connectivity index (χ1) is 17.2. The average Bonchev–Trinajstić information content (AvgIpc) is 2.88. The Morgan fingerprint density at radius 3 is 1.54 bits per heavy atom. The summed E-state index contributed by atoms with van der Waals surface area (Å²) in [7, 11) is 0. The minimum absolute atomic E-state index is 0.685. The van der Waals surface area contributed by atoms with Crippen LogP contribution >= 0.6 is 0 Å². The lowest BCUT2D eigenvalue weighted by molar-refractivity contribution is 0.0130. The molecule has 0 aromatic rings. The second-order valence-corrected chi connectivity index (χ2v) is 12.7. The van der Waals surface area contributed by atoms with Crippen molar-refractivity contribution in [3.8, 4) is 0 Å². The Morgan fingerprint density at radius 2 is 1.00 bits per heavy atom. The smallest absolute Gasteiger partial charge is 0.00926 e. The van der Waals surface area contributed by atoms with Gasteiger partial charge in [-0.2, -0.15) is 0 Å². The average molecular weight is 491 g/mol. The summed E-state index contributed by atoms with van der Waals surface area (Å²) in [5.74, 6) is 0.960. The molecule has 0 bridgehead atoms. The highest BCUT2D eigenvalue weighted by Gasteiger charge is 2.38. The fraction of sp³-hybridized carbons (Fsp3) is 1.00. The molecule has 35 heavy (non-hydrogen) atoms. The molecule has 2 fully saturated rings. The van der Waals surface area contributed by atoms with E-state index in [1.54, 1.807) is 0 Å². The van der Waals surface area contributed by atoms with Crippen LogP contribution in [0.15, 0.2) is 0 Å². The molecule has 2 aliphatic rings. The van der Waals surface area contributed by atoms with Crippen LogP contribution in [0.5, 0.6) is 0 Å². The van der Waals surface area contributed by atoms with Crippen LogP contribution in [-0.4, -0.2) is 48.6 Å². The molecule has 2 heteroatoms. The molecule has 0 saturated carbocycles. The molecular weight excluding hydrogens is 424 g/mol. The molecule has 2 atom stereocenters. The molecule has 0 radical (unpaired) electrons. The molecule has 0 amide bonds. The fourth-order valence-electron chi connectivity index (χ4n) is 7.11. The predicted molar refractivity (Wildman–Crippen MR) is 157 cm³/mol. The van der Waals surface area contributed by atoms with Gasteiger partial charge in [0.15, 0.2) is 0 Å². The molecule has 2 saturated heterocycles. The summed E-state index contributed by atoms with van der Waals surface area (Å²) in [6, 6.07) is 0.857. The first kappa shape index (κ1) is 31.1. The van der Waals surface area contributed by atoms with Crippen molar-refractivity contribution in [1.82, 2.24) is 9.80 Å². The van der Waals surface area contributed by atoms with E-state index in [-0.39, 0.29) is 0 Å². The molecule has 0 N–H and O–H groups in total. The zero-order valence-corrected chi connectivity index (χ0v) is 24.9. The third-order valence-corrected chi connectivity index (χ3v) is 9.85. The van der Waals surface area contributed by atoms with Gasteiger partial charge >= 0.3 is 0 Å². The Hall–Kier alpha value is -0.0800. The van der Waals surface area contributed by atoms with Crippen LogP contribution < -0.4 is 0 Å². The van der Waals surface area contributed by atoms with Gasteiger partial charge in [0.25, 0.3) is 0 Å². The minimum atomic E-state index is 0.685. The number of piperidine rings is 2. The number of nitrogens with zero attached hydrogens (tertiary/aromatic N) is 2. The van der Waals surface area contributed by atoms with E-state index in [4.69, 9.17) is 0 Å². The number of unbranched alkanes of at least 4 members (excludes halogenated alkanes) is 10. The van der Waals surface area contributed by atoms with Gasteiger partial charge in [-0.15, -0.1) is 0 Å². The Morgan fingerprint density at radius 1 is 0.543 bits per heavy atom. The van der Waals surface area contributed by atoms with Crippen LogP contribution in [-0.2, 0) is 0 Å². The second-order valence-electron chi connectivity index (χ2n) is 12.7. The lowest BCUT2D eigenvalue weighted by Gasteiger charge is -2.49. The van der Waals surface area contributed by atoms with E-state index in [0.717, 1.165) is 12.0 Å². The van der Waals surface area contributed by atoms with E-state index in [1.165, 1.54) is 168 Å². The maximum atomic E-state index is 2.89. The summed E-state index contributed by atoms with van der Waals surface area (Å²) in [6.07, 6.45) is 30.3. The molecule has 2 nitrogen and oxygen atoms in total. The third-order valence-electron chi connectivity index (χ3n) is 9.85. The van der Waals surface area contributed by atoms with Crippen molar-refractivity contribution in [1.29, 1.82) is 0 Å². The standard InChI is InChI=1S/C33H66N2/c1-5-9-12-14-17-20-31(19-16-11-7-3)30-34-26-22-33(23-27-34)24-28-35(29-25-33)32(8-4)21-18-15-13-10-6-2/h31-32H,5-30H2,1-4H3. The van der Waals surface area contributed by atoms with Crippen LogP contribution in [0.3, 0.4) is 0 Å². The molecule has 0 aromatic heterocycles. The molecule has 2 heterocycles. The lowest BCUT2D eigenvalue weighted by Crippen LogP contribution is -2.49. The first-order valence-corrected chi connectivity index (χ1v) is 16.6. The quantitative estimate of drug-likeness (QED) is 0.157. The van der Waals surface area contributed by atoms with E-state index in [2.05, 4.69) is 37.5 Å². The Kier molecular flexibility index (Phi) is 17.0. The largest absolute Gasteiger partial charge is 0.303 e. The van der Waals surface area contributed by atoms with Gasteiger partial charge in [-0.1, -0.05) is 111 Å². The van der Waals surface area contributed by atoms with Gasteiger partial charge in [-0.05, 0) is 88.9 Å². The van der Waals surface area contributed by atoms with Gasteiger partial charge < -0.3 is 9.80 Å². The third kappa shape index (κ3) is 12.3. The summed E-state index contributed by atoms with van der Waals surface area (Å²) in [5.41, 5.74) is 0.685. The highest BCUT2D eigenvalue weighted by atomic mass is 15.2. The van der Waals surface area contributed by atoms with Gasteiger partial charge in [-0.25, -0.2) is 0 Å². The van der Waals surface area contributed by atoms with Crippen LogP contribution in [0.25, 0.3) is 0 Å². The summed E-state index contributed by atoms with van der Waals surface area (Å²) in [6.45, 7) is 16.4. The maximum absolute atomic E-state index is 2.89. The van der Waals surface area contributed by atoms with Gasteiger partial charge in [0.05, 0.1) is 0 Å². The second kappa shape index (κ2) is 19.1. The number of likely N-dealkylation sites (tertiary alicyclic amines) is 2. The lowest BCUT2D eigenvalue weighted by atomic mass is 9.70. The first-order valence-electron chi connectivity index (χ1n) is 16.6. The zero-order chi connectivity index (χ0) is 25.2. The van der Waals surface area contributed by atoms with Crippen molar-refractivity contribution in [3.05, 3.63) is 0 Å². The van der Waals surface area contributed by atoms with E-state index in [1.807, 2.05) is 0 Å². The highest BCUT2D eigenvalue weighted by molar-refractivity contribution is 4.92. The summed E-state index contributed by atoms with van der Waals surface area (Å²) in [4.78, 5) is 5.77. The molecule has 2 rings (SSSR count). The van der Waals surface area contributed by atoms with E-state index >= 15 is 0 Å². The number of hydrogen-bond acceptors (Lipinski definition) is 2. The van der Waals surface area contributed by atoms with Gasteiger partial charge in [0.2, 0.25) is 0 Å². The molecule has 0 aromatic carbocycles. The predicted octanol–water partition coefficient (Wildman–Crippen LogP) is 9.86. The van der Waals surface area contributed by atoms with Crippen LogP contribution in [0.4, 0.5) is 0 Å². The number of hydrogen-bond donors (Lipinski definition) is 0. The van der Waals surface area contributed by atoms with Crippen molar-refractivity contribution < 1.29 is 0 Å². The fourth-order valence-corrected chi connectivity index (χ4v) is 7.11. The van der Waals surface area contributed by atoms with Crippen LogP contribution in [0, 0.1) is 11.3 Å². The molecule has 0 aliphatic carbocycles. The van der Waals surface area contributed by atoms with Crippen molar-refractivity contribution in [2.24, 2.45) is 11.3 Å². The Bertz CT molecular complexity index is 471. The summed E-state index contributed by atoms with van der Waals surface area (Å²) < 4.78 is 0. The summed E-state index contributed by atoms with van der Waals surface area (Å²) in [5, 5.41) is 0. The summed E-state index contributed by atoms with van der Waals surface area (Å²) >= 11 is 0. The SMILES string of the molecule is CCCCCCCC(CCCCC)CN1CCC2(CC1)CCN(C(CC)CCCCCCC)CC2. The van der Waals surface area contributed by atoms with Gasteiger partial charge in [0.1, 0.15) is 0 Å². The molecule has 2 aliphatic heterocycles. The van der Waals surface area contributed by atoms with Crippen molar-refractivity contribution >= 4 is 0 Å². The maximum Gasteiger partial charge on any atom is 0.00926 e. The Balaban J connectivity index is 1.70. The highest BCUT2D eigenvalue weighted by Crippen LogP contribution is 2.42. The molecule has 1 spiro atoms. The topological polar surface area (TPSA) is 6.48 Å². The molecule has 2 unspecified atom stereocenters. The minimum Gasteiger partial charge on any atom is -0.303 e. The van der Waals surface area contributed by atoms with Crippen LogP contribution in [0.2, 0.25) is 0 Å². The van der Waals surface area contributed by atoms with Gasteiger partial charge in [-0.3, -0.25) is 0 Å². The van der Waals surface area contributed by atoms with E-state index in [0.29, 0.717) is 5.41 Å². The van der Waals surface area contributed by atoms with Crippen molar-refractivity contribution in [2.45, 2.75) is 169 Å². The van der Waals surface area contributed by atoms with Crippen molar-refractivity contribution in [2.75, 3.05) is 32.7 Å². The number of rotatable bonds is 20. The van der Waals surface area contributed by atoms with Crippen LogP contribution in [0.1, 0.15) is 163 Å². The normalized spacial score (nSPS) is 20.9. The monoisotopic (exact) mass is 491 g/mol. The van der Waals surface area contributed by atoms with Gasteiger partial charge in [0, 0.05) is 12.6 Å².